The van der Waals surface area contributed by atoms with Crippen LogP contribution in [0.15, 0.2) is 60.8 Å². The third kappa shape index (κ3) is 2.99. The quantitative estimate of drug-likeness (QED) is 0.415. The Bertz CT molecular complexity index is 1110. The predicted molar refractivity (Wildman–Crippen MR) is 110 cm³/mol. The van der Waals surface area contributed by atoms with E-state index in [0.29, 0.717) is 5.02 Å². The van der Waals surface area contributed by atoms with Gasteiger partial charge in [-0.1, -0.05) is 62.7 Å². The van der Waals surface area contributed by atoms with E-state index in [9.17, 15) is 0 Å². The van der Waals surface area contributed by atoms with Crippen LogP contribution >= 0.6 is 11.6 Å². The lowest BCUT2D eigenvalue weighted by atomic mass is 9.88. The van der Waals surface area contributed by atoms with Gasteiger partial charge in [0, 0.05) is 17.0 Å². The number of anilines is 2. The van der Waals surface area contributed by atoms with Gasteiger partial charge < -0.3 is 5.32 Å². The number of hydrogen-bond acceptors (Lipinski definition) is 3. The van der Waals surface area contributed by atoms with E-state index in [4.69, 9.17) is 16.6 Å². The van der Waals surface area contributed by atoms with Crippen molar-refractivity contribution in [3.63, 3.8) is 0 Å². The number of hydrogen-bond donors (Lipinski definition) is 1. The van der Waals surface area contributed by atoms with Gasteiger partial charge in [0.05, 0.1) is 10.5 Å². The molecule has 130 valence electrons. The zero-order valence-electron chi connectivity index (χ0n) is 15.0. The van der Waals surface area contributed by atoms with E-state index < -0.39 is 0 Å². The summed E-state index contributed by atoms with van der Waals surface area (Å²) in [5, 5.41) is 7.20. The van der Waals surface area contributed by atoms with E-state index in [1.807, 2.05) is 36.5 Å². The lowest BCUT2D eigenvalue weighted by Gasteiger charge is -2.19. The van der Waals surface area contributed by atoms with Gasteiger partial charge in [0.2, 0.25) is 0 Å². The first-order valence-corrected chi connectivity index (χ1v) is 9.02. The van der Waals surface area contributed by atoms with Gasteiger partial charge in [0.1, 0.15) is 11.6 Å². The summed E-state index contributed by atoms with van der Waals surface area (Å²) in [6.45, 7) is 6.58. The Morgan fingerprint density at radius 3 is 2.46 bits per heavy atom. The molecule has 4 rings (SSSR count). The Balaban J connectivity index is 1.89. The summed E-state index contributed by atoms with van der Waals surface area (Å²) in [4.78, 5) is 9.29. The summed E-state index contributed by atoms with van der Waals surface area (Å²) in [5.41, 5.74) is 2.15. The van der Waals surface area contributed by atoms with Crippen LogP contribution in [0.4, 0.5) is 11.6 Å². The van der Waals surface area contributed by atoms with Crippen LogP contribution in [0.25, 0.3) is 21.7 Å². The van der Waals surface area contributed by atoms with Crippen molar-refractivity contribution in [1.29, 1.82) is 0 Å². The minimum atomic E-state index is 0.0613. The molecule has 4 heteroatoms. The van der Waals surface area contributed by atoms with Crippen molar-refractivity contribution in [2.75, 3.05) is 5.32 Å². The highest BCUT2D eigenvalue weighted by Gasteiger charge is 2.15. The molecule has 2 aromatic heterocycles. The smallest absolute Gasteiger partial charge is 0.140 e. The largest absolute Gasteiger partial charge is 0.324 e. The van der Waals surface area contributed by atoms with Crippen molar-refractivity contribution in [2.24, 2.45) is 0 Å². The van der Waals surface area contributed by atoms with E-state index >= 15 is 0 Å². The Labute approximate surface area is 158 Å². The normalized spacial score (nSPS) is 11.8. The van der Waals surface area contributed by atoms with Gasteiger partial charge in [-0.15, -0.1) is 0 Å². The fourth-order valence-corrected chi connectivity index (χ4v) is 3.41. The summed E-state index contributed by atoms with van der Waals surface area (Å²) in [6.07, 6.45) is 1.84. The van der Waals surface area contributed by atoms with Crippen molar-refractivity contribution in [3.8, 4) is 0 Å². The molecule has 2 aromatic carbocycles. The molecule has 0 atom stereocenters. The molecular weight excluding hydrogens is 342 g/mol. The summed E-state index contributed by atoms with van der Waals surface area (Å²) in [7, 11) is 0. The van der Waals surface area contributed by atoms with Gasteiger partial charge in [-0.2, -0.15) is 0 Å². The van der Waals surface area contributed by atoms with Crippen molar-refractivity contribution in [2.45, 2.75) is 26.2 Å². The summed E-state index contributed by atoms with van der Waals surface area (Å²) in [6, 6.07) is 18.1. The molecule has 26 heavy (non-hydrogen) atoms. The van der Waals surface area contributed by atoms with Gasteiger partial charge >= 0.3 is 0 Å². The monoisotopic (exact) mass is 361 g/mol. The van der Waals surface area contributed by atoms with Crippen LogP contribution in [0.1, 0.15) is 26.3 Å². The second-order valence-electron chi connectivity index (χ2n) is 7.44. The molecule has 0 fully saturated rings. The number of pyridine rings is 2. The van der Waals surface area contributed by atoms with E-state index in [0.717, 1.165) is 33.3 Å². The van der Waals surface area contributed by atoms with Crippen molar-refractivity contribution >= 4 is 44.9 Å². The average Bonchev–Trinajstić information content (AvgIpc) is 2.61. The molecule has 0 aliphatic heterocycles. The lowest BCUT2D eigenvalue weighted by Crippen LogP contribution is -2.11. The Morgan fingerprint density at radius 1 is 0.923 bits per heavy atom. The highest BCUT2D eigenvalue weighted by Crippen LogP contribution is 2.34. The standard InChI is InChI=1S/C22H20ClN3/c1-22(2,3)14-11-12-24-19(13-14)26-21-16-8-5-4-7-15(16)20-17(23)9-6-10-18(20)25-21/h4-13H,1-3H3,(H,24,25,26). The molecular formula is C22H20ClN3. The van der Waals surface area contributed by atoms with Gasteiger partial charge in [-0.3, -0.25) is 0 Å². The zero-order valence-corrected chi connectivity index (χ0v) is 15.8. The molecule has 4 aromatic rings. The van der Waals surface area contributed by atoms with Crippen molar-refractivity contribution in [3.05, 3.63) is 71.4 Å². The van der Waals surface area contributed by atoms with E-state index in [-0.39, 0.29) is 5.41 Å². The maximum absolute atomic E-state index is 6.45. The van der Waals surface area contributed by atoms with Crippen molar-refractivity contribution < 1.29 is 0 Å². The molecule has 0 unspecified atom stereocenters. The number of benzene rings is 2. The van der Waals surface area contributed by atoms with Crippen LogP contribution in [0.5, 0.6) is 0 Å². The van der Waals surface area contributed by atoms with Crippen LogP contribution in [-0.4, -0.2) is 9.97 Å². The molecule has 0 saturated heterocycles. The molecule has 0 saturated carbocycles. The lowest BCUT2D eigenvalue weighted by molar-refractivity contribution is 0.589. The van der Waals surface area contributed by atoms with Crippen LogP contribution in [0.3, 0.4) is 0 Å². The molecule has 0 amide bonds. The summed E-state index contributed by atoms with van der Waals surface area (Å²) in [5.74, 6) is 1.57. The summed E-state index contributed by atoms with van der Waals surface area (Å²) >= 11 is 6.45. The number of fused-ring (bicyclic) bond motifs is 3. The van der Waals surface area contributed by atoms with Gasteiger partial charge in [-0.05, 0) is 40.6 Å². The minimum absolute atomic E-state index is 0.0613. The van der Waals surface area contributed by atoms with Crippen molar-refractivity contribution in [1.82, 2.24) is 9.97 Å². The molecule has 2 heterocycles. The van der Waals surface area contributed by atoms with Gasteiger partial charge in [-0.25, -0.2) is 9.97 Å². The Morgan fingerprint density at radius 2 is 1.69 bits per heavy atom. The molecule has 0 spiro atoms. The minimum Gasteiger partial charge on any atom is -0.324 e. The molecule has 0 aliphatic carbocycles. The third-order valence-corrected chi connectivity index (χ3v) is 4.86. The maximum Gasteiger partial charge on any atom is 0.140 e. The maximum atomic E-state index is 6.45. The number of rotatable bonds is 2. The number of nitrogens with zero attached hydrogens (tertiary/aromatic N) is 2. The average molecular weight is 362 g/mol. The van der Waals surface area contributed by atoms with Crippen LogP contribution < -0.4 is 5.32 Å². The Hall–Kier alpha value is -2.65. The molecule has 0 aliphatic rings. The highest BCUT2D eigenvalue weighted by molar-refractivity contribution is 6.38. The fraction of sp³-hybridized carbons (Fsp3) is 0.182. The van der Waals surface area contributed by atoms with Crippen LogP contribution in [0, 0.1) is 0 Å². The number of aromatic nitrogens is 2. The summed E-state index contributed by atoms with van der Waals surface area (Å²) < 4.78 is 0. The molecule has 0 radical (unpaired) electrons. The predicted octanol–water partition coefficient (Wildman–Crippen LogP) is 6.48. The molecule has 3 nitrogen and oxygen atoms in total. The van der Waals surface area contributed by atoms with Crippen LogP contribution in [0.2, 0.25) is 5.02 Å². The van der Waals surface area contributed by atoms with Crippen LogP contribution in [-0.2, 0) is 5.41 Å². The van der Waals surface area contributed by atoms with E-state index in [1.54, 1.807) is 0 Å². The molecule has 1 N–H and O–H groups in total. The number of nitrogens with one attached hydrogen (secondary N) is 1. The first kappa shape index (κ1) is 16.8. The van der Waals surface area contributed by atoms with E-state index in [1.165, 1.54) is 5.56 Å². The van der Waals surface area contributed by atoms with Gasteiger partial charge in [0.15, 0.2) is 0 Å². The second kappa shape index (κ2) is 6.26. The molecule has 0 bridgehead atoms. The van der Waals surface area contributed by atoms with Gasteiger partial charge in [0.25, 0.3) is 0 Å². The fourth-order valence-electron chi connectivity index (χ4n) is 3.14. The first-order chi connectivity index (χ1) is 12.4. The number of halogens is 1. The zero-order chi connectivity index (χ0) is 18.3. The van der Waals surface area contributed by atoms with E-state index in [2.05, 4.69) is 55.3 Å². The Kier molecular flexibility index (Phi) is 4.04. The third-order valence-electron chi connectivity index (χ3n) is 4.55. The SMILES string of the molecule is CC(C)(C)c1ccnc(Nc2nc3cccc(Cl)c3c3ccccc23)c1. The first-order valence-electron chi connectivity index (χ1n) is 8.64. The second-order valence-corrected chi connectivity index (χ2v) is 7.85. The topological polar surface area (TPSA) is 37.8 Å². The highest BCUT2D eigenvalue weighted by atomic mass is 35.5.